The third-order valence-corrected chi connectivity index (χ3v) is 3.69. The van der Waals surface area contributed by atoms with E-state index in [1.165, 1.54) is 11.3 Å². The van der Waals surface area contributed by atoms with E-state index in [1.54, 1.807) is 18.3 Å². The fourth-order valence-electron chi connectivity index (χ4n) is 1.46. The van der Waals surface area contributed by atoms with Crippen molar-refractivity contribution in [2.24, 2.45) is 0 Å². The van der Waals surface area contributed by atoms with Gasteiger partial charge in [-0.1, -0.05) is 11.6 Å². The third-order valence-electron chi connectivity index (χ3n) is 2.37. The smallest absolute Gasteiger partial charge is 0.308 e. The van der Waals surface area contributed by atoms with Gasteiger partial charge < -0.3 is 10.0 Å². The molecule has 2 aromatic rings. The van der Waals surface area contributed by atoms with Gasteiger partial charge in [0.25, 0.3) is 0 Å². The third kappa shape index (κ3) is 3.00. The highest BCUT2D eigenvalue weighted by Gasteiger charge is 2.10. The highest BCUT2D eigenvalue weighted by atomic mass is 35.5. The Morgan fingerprint density at radius 3 is 2.72 bits per heavy atom. The van der Waals surface area contributed by atoms with Crippen LogP contribution in [0.2, 0.25) is 5.02 Å². The summed E-state index contributed by atoms with van der Waals surface area (Å²) in [5, 5.41) is 10.1. The maximum atomic E-state index is 10.6. The van der Waals surface area contributed by atoms with Crippen LogP contribution in [0.4, 0.5) is 10.8 Å². The van der Waals surface area contributed by atoms with Gasteiger partial charge in [0.2, 0.25) is 0 Å². The van der Waals surface area contributed by atoms with Gasteiger partial charge in [0, 0.05) is 28.8 Å². The van der Waals surface area contributed by atoms with Gasteiger partial charge in [-0.3, -0.25) is 4.79 Å². The van der Waals surface area contributed by atoms with Gasteiger partial charge in [-0.25, -0.2) is 4.98 Å². The second-order valence-corrected chi connectivity index (χ2v) is 5.25. The van der Waals surface area contributed by atoms with Crippen LogP contribution in [-0.4, -0.2) is 23.1 Å². The van der Waals surface area contributed by atoms with Crippen LogP contribution in [0, 0.1) is 0 Å². The first-order valence-corrected chi connectivity index (χ1v) is 6.41. The van der Waals surface area contributed by atoms with Crippen molar-refractivity contribution in [1.82, 2.24) is 4.98 Å². The molecule has 0 saturated heterocycles. The van der Waals surface area contributed by atoms with Crippen molar-refractivity contribution in [1.29, 1.82) is 0 Å². The van der Waals surface area contributed by atoms with Crippen molar-refractivity contribution in [3.63, 3.8) is 0 Å². The molecule has 0 aliphatic carbocycles. The molecule has 1 aromatic carbocycles. The van der Waals surface area contributed by atoms with Crippen LogP contribution in [-0.2, 0) is 11.2 Å². The van der Waals surface area contributed by atoms with E-state index in [0.29, 0.717) is 5.02 Å². The van der Waals surface area contributed by atoms with Crippen molar-refractivity contribution in [2.75, 3.05) is 11.9 Å². The Morgan fingerprint density at radius 1 is 1.44 bits per heavy atom. The van der Waals surface area contributed by atoms with Crippen molar-refractivity contribution >= 4 is 39.7 Å². The quantitative estimate of drug-likeness (QED) is 0.936. The first kappa shape index (κ1) is 12.9. The predicted molar refractivity (Wildman–Crippen MR) is 73.0 cm³/mol. The summed E-state index contributed by atoms with van der Waals surface area (Å²) in [6.45, 7) is 0. The van der Waals surface area contributed by atoms with Crippen molar-refractivity contribution in [3.8, 4) is 0 Å². The van der Waals surface area contributed by atoms with Gasteiger partial charge in [0.1, 0.15) is 0 Å². The molecule has 2 rings (SSSR count). The average Bonchev–Trinajstić information content (AvgIpc) is 2.76. The minimum Gasteiger partial charge on any atom is -0.481 e. The molecule has 4 nitrogen and oxygen atoms in total. The summed E-state index contributed by atoms with van der Waals surface area (Å²) in [6.07, 6.45) is 1.60. The number of thiazole rings is 1. The Balaban J connectivity index is 2.18. The van der Waals surface area contributed by atoms with Gasteiger partial charge in [0.05, 0.1) is 6.42 Å². The average molecular weight is 283 g/mol. The number of anilines is 2. The van der Waals surface area contributed by atoms with Crippen LogP contribution in [0.15, 0.2) is 30.5 Å². The molecule has 18 heavy (non-hydrogen) atoms. The number of carbonyl (C=O) groups is 1. The number of hydrogen-bond donors (Lipinski definition) is 1. The van der Waals surface area contributed by atoms with E-state index in [2.05, 4.69) is 4.98 Å². The number of benzene rings is 1. The van der Waals surface area contributed by atoms with Gasteiger partial charge in [-0.2, -0.15) is 0 Å². The number of carboxylic acids is 1. The van der Waals surface area contributed by atoms with E-state index in [4.69, 9.17) is 16.7 Å². The summed E-state index contributed by atoms with van der Waals surface area (Å²) >= 11 is 7.20. The molecule has 0 aliphatic heterocycles. The van der Waals surface area contributed by atoms with Gasteiger partial charge >= 0.3 is 5.97 Å². The first-order chi connectivity index (χ1) is 8.56. The Kier molecular flexibility index (Phi) is 3.84. The number of aromatic nitrogens is 1. The molecule has 0 atom stereocenters. The number of carboxylic acid groups (broad SMARTS) is 1. The molecule has 0 bridgehead atoms. The summed E-state index contributed by atoms with van der Waals surface area (Å²) < 4.78 is 0. The zero-order valence-corrected chi connectivity index (χ0v) is 11.2. The molecule has 0 amide bonds. The van der Waals surface area contributed by atoms with Gasteiger partial charge in [0.15, 0.2) is 5.13 Å². The van der Waals surface area contributed by atoms with E-state index >= 15 is 0 Å². The van der Waals surface area contributed by atoms with Gasteiger partial charge in [-0.05, 0) is 24.3 Å². The molecule has 1 heterocycles. The highest BCUT2D eigenvalue weighted by Crippen LogP contribution is 2.28. The van der Waals surface area contributed by atoms with Crippen LogP contribution in [0.25, 0.3) is 0 Å². The second-order valence-electron chi connectivity index (χ2n) is 3.72. The van der Waals surface area contributed by atoms with Crippen LogP contribution < -0.4 is 4.90 Å². The monoisotopic (exact) mass is 282 g/mol. The molecular weight excluding hydrogens is 272 g/mol. The summed E-state index contributed by atoms with van der Waals surface area (Å²) in [6, 6.07) is 7.39. The number of halogens is 1. The molecule has 0 radical (unpaired) electrons. The lowest BCUT2D eigenvalue weighted by atomic mass is 10.3. The van der Waals surface area contributed by atoms with E-state index < -0.39 is 5.97 Å². The Labute approximate surface area is 113 Å². The molecule has 1 aromatic heterocycles. The number of rotatable bonds is 4. The number of aliphatic carboxylic acids is 1. The summed E-state index contributed by atoms with van der Waals surface area (Å²) in [7, 11) is 1.88. The molecule has 6 heteroatoms. The second kappa shape index (κ2) is 5.37. The van der Waals surface area contributed by atoms with Crippen molar-refractivity contribution < 1.29 is 9.90 Å². The molecule has 0 fully saturated rings. The normalized spacial score (nSPS) is 10.3. The van der Waals surface area contributed by atoms with E-state index in [0.717, 1.165) is 15.7 Å². The van der Waals surface area contributed by atoms with E-state index in [-0.39, 0.29) is 6.42 Å². The minimum absolute atomic E-state index is 0.00608. The lowest BCUT2D eigenvalue weighted by Crippen LogP contribution is -2.08. The largest absolute Gasteiger partial charge is 0.481 e. The van der Waals surface area contributed by atoms with Crippen molar-refractivity contribution in [2.45, 2.75) is 6.42 Å². The lowest BCUT2D eigenvalue weighted by molar-refractivity contribution is -0.136. The number of nitrogens with zero attached hydrogens (tertiary/aromatic N) is 2. The zero-order valence-electron chi connectivity index (χ0n) is 9.63. The SMILES string of the molecule is CN(c1ccc(Cl)cc1)c1ncc(CC(=O)O)s1. The van der Waals surface area contributed by atoms with Gasteiger partial charge in [-0.15, -0.1) is 11.3 Å². The van der Waals surface area contributed by atoms with Crippen LogP contribution in [0.5, 0.6) is 0 Å². The molecule has 0 aliphatic rings. The number of hydrogen-bond acceptors (Lipinski definition) is 4. The summed E-state index contributed by atoms with van der Waals surface area (Å²) in [4.78, 5) is 17.5. The molecule has 1 N–H and O–H groups in total. The van der Waals surface area contributed by atoms with Crippen molar-refractivity contribution in [3.05, 3.63) is 40.4 Å². The molecule has 0 spiro atoms. The van der Waals surface area contributed by atoms with E-state index in [1.807, 2.05) is 24.1 Å². The lowest BCUT2D eigenvalue weighted by Gasteiger charge is -2.15. The maximum absolute atomic E-state index is 10.6. The molecule has 0 unspecified atom stereocenters. The Bertz CT molecular complexity index is 553. The Hall–Kier alpha value is -1.59. The Morgan fingerprint density at radius 2 is 2.11 bits per heavy atom. The van der Waals surface area contributed by atoms with Crippen LogP contribution in [0.1, 0.15) is 4.88 Å². The minimum atomic E-state index is -0.848. The molecule has 94 valence electrons. The fourth-order valence-corrected chi connectivity index (χ4v) is 2.47. The maximum Gasteiger partial charge on any atom is 0.308 e. The zero-order chi connectivity index (χ0) is 13.1. The molecule has 0 saturated carbocycles. The predicted octanol–water partition coefficient (Wildman–Crippen LogP) is 3.19. The fraction of sp³-hybridized carbons (Fsp3) is 0.167. The summed E-state index contributed by atoms with van der Waals surface area (Å²) in [5.74, 6) is -0.848. The van der Waals surface area contributed by atoms with Crippen LogP contribution in [0.3, 0.4) is 0 Å². The summed E-state index contributed by atoms with van der Waals surface area (Å²) in [5.41, 5.74) is 0.954. The molecular formula is C12H11ClN2O2S. The topological polar surface area (TPSA) is 53.4 Å². The van der Waals surface area contributed by atoms with E-state index in [9.17, 15) is 4.79 Å². The first-order valence-electron chi connectivity index (χ1n) is 5.22. The van der Waals surface area contributed by atoms with Crippen LogP contribution >= 0.6 is 22.9 Å². The standard InChI is InChI=1S/C12H11ClN2O2S/c1-15(9-4-2-8(13)3-5-9)12-14-7-10(18-12)6-11(16)17/h2-5,7H,6H2,1H3,(H,16,17). The highest BCUT2D eigenvalue weighted by molar-refractivity contribution is 7.15.